The molecule has 16 rings (SSSR count). The van der Waals surface area contributed by atoms with E-state index in [9.17, 15) is 24.6 Å². The molecule has 1 saturated carbocycles. The third kappa shape index (κ3) is 12.7. The number of hydrogen-bond donors (Lipinski definition) is 6. The fraction of sp³-hybridized carbons (Fsp3) is 0.481. The lowest BCUT2D eigenvalue weighted by atomic mass is 9.47. The topological polar surface area (TPSA) is 307 Å². The van der Waals surface area contributed by atoms with Crippen LogP contribution in [0.25, 0.3) is 22.1 Å². The first-order chi connectivity index (χ1) is 50.9. The summed E-state index contributed by atoms with van der Waals surface area (Å²) in [5, 5.41) is 27.4. The van der Waals surface area contributed by atoms with Crippen molar-refractivity contribution in [2.24, 2.45) is 11.3 Å². The number of carbonyl (C=O) groups excluding carboxylic acids is 4. The van der Waals surface area contributed by atoms with E-state index >= 15 is 4.79 Å². The number of carbonyl (C=O) groups is 4. The average Bonchev–Trinajstić information content (AvgIpc) is 1.46. The van der Waals surface area contributed by atoms with Gasteiger partial charge in [0.15, 0.2) is 11.8 Å². The Morgan fingerprint density at radius 2 is 1.64 bits per heavy atom. The maximum atomic E-state index is 15.3. The molecule has 4 saturated heterocycles. The first-order valence-corrected chi connectivity index (χ1v) is 37.2. The lowest BCUT2D eigenvalue weighted by molar-refractivity contribution is -0.228. The molecule has 4 aromatic heterocycles. The largest absolute Gasteiger partial charge is 0.496 e. The van der Waals surface area contributed by atoms with Gasteiger partial charge in [0, 0.05) is 153 Å². The number of aliphatic hydroxyl groups is 2. The van der Waals surface area contributed by atoms with Gasteiger partial charge in [0.25, 0.3) is 0 Å². The molecule has 0 radical (unpaired) electrons. The highest BCUT2D eigenvalue weighted by Crippen LogP contribution is 2.68. The number of nitrogens with zero attached hydrogens (tertiary/aromatic N) is 9. The molecular formula is C77H91Cl2N13O13S. The summed E-state index contributed by atoms with van der Waals surface area (Å²) in [7, 11) is 6.15. The fourth-order valence-electron chi connectivity index (χ4n) is 19.0. The summed E-state index contributed by atoms with van der Waals surface area (Å²) in [5.74, 6) is -1.48. The number of para-hydroxylation sites is 1. The van der Waals surface area contributed by atoms with Gasteiger partial charge in [-0.05, 0) is 111 Å². The van der Waals surface area contributed by atoms with Crippen molar-refractivity contribution in [2.45, 2.75) is 125 Å². The first kappa shape index (κ1) is 74.2. The van der Waals surface area contributed by atoms with Crippen molar-refractivity contribution >= 4 is 98.6 Å². The van der Waals surface area contributed by atoms with E-state index in [1.807, 2.05) is 96.1 Å². The minimum Gasteiger partial charge on any atom is -0.496 e. The number of fused-ring (bicyclic) bond motifs is 7. The minimum absolute atomic E-state index is 0.0986. The van der Waals surface area contributed by atoms with Crippen LogP contribution in [0, 0.1) is 16.0 Å². The normalized spacial score (nSPS) is 29.2. The van der Waals surface area contributed by atoms with Crippen molar-refractivity contribution in [3.8, 4) is 11.5 Å². The number of benzene rings is 4. The summed E-state index contributed by atoms with van der Waals surface area (Å²) in [4.78, 5) is 86.4. The molecular weight excluding hydrogens is 1420 g/mol. The molecule has 2 bridgehead atoms. The van der Waals surface area contributed by atoms with Crippen LogP contribution >= 0.6 is 35.4 Å². The van der Waals surface area contributed by atoms with Crippen LogP contribution in [0.5, 0.6) is 11.5 Å². The van der Waals surface area contributed by atoms with Crippen molar-refractivity contribution in [1.29, 1.82) is 0 Å². The molecule has 8 aromatic rings. The number of aromatic amines is 3. The summed E-state index contributed by atoms with van der Waals surface area (Å²) in [6.07, 6.45) is 12.5. The zero-order valence-corrected chi connectivity index (χ0v) is 63.1. The van der Waals surface area contributed by atoms with Crippen LogP contribution in [0.1, 0.15) is 87.7 Å². The summed E-state index contributed by atoms with van der Waals surface area (Å²) >= 11 is 17.6. The molecule has 12 atom stereocenters. The van der Waals surface area contributed by atoms with Crippen molar-refractivity contribution in [1.82, 2.24) is 49.2 Å². The highest BCUT2D eigenvalue weighted by atomic mass is 35.5. The van der Waals surface area contributed by atoms with Gasteiger partial charge < -0.3 is 83.3 Å². The van der Waals surface area contributed by atoms with Crippen LogP contribution in [-0.4, -0.2) is 219 Å². The number of nitrogen functional groups attached to an aromatic ring is 1. The maximum Gasteiger partial charge on any atom is 0.344 e. The number of anilines is 3. The Morgan fingerprint density at radius 3 is 2.34 bits per heavy atom. The van der Waals surface area contributed by atoms with E-state index in [-0.39, 0.29) is 29.9 Å². The molecule has 1 spiro atoms. The SMILES string of the molecule is CC(=O)N1CCN(c2ccc(OC[C@H]3CO[C@](Cn4ccnc4)(c4ccc(Cl)cc4Cl)O3)cc2)CC1.CC[C@]1(O)C[C@@H]2C[N@@](CCc3c([nH]c4ccccc34)[C@@](C(=O)OC)(c3cc4c(cc3OC)N(C)[C@H]3[C@@](O)(C(=O)OC)[C@H](OC(C)=O)[C@]5(CC)C=CCN6CC[C@]43[C@@H]65)C2)C1.Nc1nc2nc[nH]c2c(=S)[nH]1. The van der Waals surface area contributed by atoms with Crippen LogP contribution in [0.4, 0.5) is 17.3 Å². The summed E-state index contributed by atoms with van der Waals surface area (Å²) in [6.45, 7) is 14.4. The molecule has 1 aliphatic carbocycles. The Labute approximate surface area is 629 Å². The van der Waals surface area contributed by atoms with Crippen LogP contribution in [0.2, 0.25) is 10.0 Å². The number of halogens is 2. The van der Waals surface area contributed by atoms with Gasteiger partial charge in [0.2, 0.25) is 23.2 Å². The number of piperidine rings is 1. The van der Waals surface area contributed by atoms with Gasteiger partial charge in [-0.25, -0.2) is 14.8 Å². The van der Waals surface area contributed by atoms with E-state index in [4.69, 9.17) is 74.3 Å². The average molecular weight is 1510 g/mol. The molecule has 562 valence electrons. The van der Waals surface area contributed by atoms with Crippen LogP contribution in [0.3, 0.4) is 0 Å². The van der Waals surface area contributed by atoms with Crippen LogP contribution in [-0.2, 0) is 72.4 Å². The Morgan fingerprint density at radius 1 is 0.868 bits per heavy atom. The Bertz CT molecular complexity index is 4730. The van der Waals surface area contributed by atoms with Gasteiger partial charge in [0.1, 0.15) is 39.8 Å². The number of likely N-dealkylation sites (N-methyl/N-ethyl adjacent to an activating group) is 1. The number of rotatable bonds is 14. The van der Waals surface area contributed by atoms with Crippen molar-refractivity contribution in [3.05, 3.63) is 159 Å². The summed E-state index contributed by atoms with van der Waals surface area (Å²) in [5.41, 5.74) is 6.86. The van der Waals surface area contributed by atoms with Gasteiger partial charge in [-0.3, -0.25) is 24.2 Å². The predicted octanol–water partition coefficient (Wildman–Crippen LogP) is 8.79. The number of hydrogen-bond acceptors (Lipinski definition) is 22. The fourth-order valence-corrected chi connectivity index (χ4v) is 19.8. The highest BCUT2D eigenvalue weighted by Gasteiger charge is 2.80. The summed E-state index contributed by atoms with van der Waals surface area (Å²) in [6, 6.07) is 24.2. The molecule has 7 N–H and O–H groups in total. The molecule has 11 heterocycles. The highest BCUT2D eigenvalue weighted by molar-refractivity contribution is 7.71. The molecule has 8 aliphatic rings. The number of amides is 1. The second-order valence-electron chi connectivity index (χ2n) is 29.2. The number of nitrogens with two attached hydrogens (primary N) is 1. The molecule has 0 unspecified atom stereocenters. The van der Waals surface area contributed by atoms with Crippen molar-refractivity contribution in [3.63, 3.8) is 0 Å². The zero-order chi connectivity index (χ0) is 74.8. The standard InChI is InChI=1S/C46H58N4O9.C26H28Cl2N4O4.C5H5N5S/c1-8-42(54)23-28-24-45(40(52)57-6,36-30(15-19-49(25-28)26-42)29-13-10-11-14-33(29)47-36)32-21-31-34(22-35(32)56-5)48(4)38-44(31)17-20-50-18-12-16-43(9-2,37(44)50)39(59-27(3)51)46(38,55)41(53)58-7;1-19(33)31-10-12-32(13-11-31)21-3-5-22(6-4-21)34-15-23-16-35-26(36-23,17-30-9-8-29-18-30)24-7-2-20(27)14-25(24)28;6-5-9-3-2(4(11)10-5)7-1-8-3/h10-14,16,21-22,28,37-39,47,54-55H,8-9,15,17-20,23-26H2,1-7H3;2-9,14,18,23H,10-13,15-17H2,1H3;1H,(H4,6,7,8,9,10,11)/t28-,37-,38+,39+,42-,43+,44+,45-,46-;23-,26-;/m00./s1. The van der Waals surface area contributed by atoms with E-state index in [0.717, 1.165) is 71.0 Å². The van der Waals surface area contributed by atoms with E-state index in [1.165, 1.54) is 27.5 Å². The zero-order valence-electron chi connectivity index (χ0n) is 60.7. The number of methoxy groups -OCH3 is 3. The predicted molar refractivity (Wildman–Crippen MR) is 402 cm³/mol. The van der Waals surface area contributed by atoms with E-state index in [0.29, 0.717) is 134 Å². The van der Waals surface area contributed by atoms with Gasteiger partial charge >= 0.3 is 17.9 Å². The number of aromatic nitrogens is 7. The van der Waals surface area contributed by atoms with Gasteiger partial charge in [-0.2, -0.15) is 4.98 Å². The van der Waals surface area contributed by atoms with Crippen molar-refractivity contribution in [2.75, 3.05) is 116 Å². The number of H-pyrrole nitrogens is 3. The third-order valence-corrected chi connectivity index (χ3v) is 24.3. The second-order valence-corrected chi connectivity index (χ2v) is 30.5. The number of ether oxygens (including phenoxy) is 7. The molecule has 106 heavy (non-hydrogen) atoms. The quantitative estimate of drug-likeness (QED) is 0.0256. The van der Waals surface area contributed by atoms with E-state index in [2.05, 4.69) is 68.9 Å². The van der Waals surface area contributed by atoms with E-state index < -0.39 is 63.3 Å². The van der Waals surface area contributed by atoms with Gasteiger partial charge in [-0.15, -0.1) is 0 Å². The minimum atomic E-state index is -2.30. The van der Waals surface area contributed by atoms with Gasteiger partial charge in [0.05, 0.1) is 63.8 Å². The van der Waals surface area contributed by atoms with Crippen LogP contribution in [0.15, 0.2) is 116 Å². The Hall–Kier alpha value is -8.64. The van der Waals surface area contributed by atoms with E-state index in [1.54, 1.807) is 38.7 Å². The molecule has 29 heteroatoms. The molecule has 7 aliphatic heterocycles. The molecule has 5 fully saturated rings. The van der Waals surface area contributed by atoms with Crippen LogP contribution < -0.4 is 25.0 Å². The lowest BCUT2D eigenvalue weighted by Gasteiger charge is -2.63. The number of imidazole rings is 2. The Balaban J connectivity index is 0.000000168. The molecule has 4 aromatic carbocycles. The second kappa shape index (κ2) is 29.2. The maximum absolute atomic E-state index is 15.3. The van der Waals surface area contributed by atoms with Crippen molar-refractivity contribution < 1.29 is 62.5 Å². The number of nitrogens with one attached hydrogen (secondary N) is 3. The monoisotopic (exact) mass is 1510 g/mol. The first-order valence-electron chi connectivity index (χ1n) is 36.1. The Kier molecular flexibility index (Phi) is 20.4. The molecule has 1 amide bonds. The van der Waals surface area contributed by atoms with Gasteiger partial charge in [-0.1, -0.05) is 85.7 Å². The number of piperazine rings is 1. The third-order valence-electron chi connectivity index (χ3n) is 23.4. The molecule has 26 nitrogen and oxygen atoms in total. The lowest BCUT2D eigenvalue weighted by Crippen LogP contribution is -2.81. The summed E-state index contributed by atoms with van der Waals surface area (Å²) < 4.78 is 45.1. The smallest absolute Gasteiger partial charge is 0.344 e. The number of esters is 3.